The van der Waals surface area contributed by atoms with E-state index in [9.17, 15) is 28.8 Å². The van der Waals surface area contributed by atoms with Crippen LogP contribution in [0, 0.1) is 11.5 Å². The molecule has 1 aromatic carbocycles. The first-order valence-corrected chi connectivity index (χ1v) is 19.5. The topological polar surface area (TPSA) is 206 Å². The summed E-state index contributed by atoms with van der Waals surface area (Å²) in [6.45, 7) is 9.07. The fourth-order valence-electron chi connectivity index (χ4n) is 5.38. The van der Waals surface area contributed by atoms with Gasteiger partial charge in [0.1, 0.15) is 30.5 Å². The summed E-state index contributed by atoms with van der Waals surface area (Å²) in [6.07, 6.45) is 6.93. The molecule has 3 atom stereocenters. The molecule has 297 valence electrons. The Balaban J connectivity index is 0.00000145. The number of aromatic nitrogens is 2. The number of aromatic amines is 1. The summed E-state index contributed by atoms with van der Waals surface area (Å²) in [7, 11) is 0. The van der Waals surface area contributed by atoms with Crippen LogP contribution in [0.5, 0.6) is 0 Å². The van der Waals surface area contributed by atoms with Crippen molar-refractivity contribution in [3.8, 4) is 0 Å². The van der Waals surface area contributed by atoms with Gasteiger partial charge in [0.2, 0.25) is 23.6 Å². The maximum atomic E-state index is 13.6. The maximum absolute atomic E-state index is 13.6. The van der Waals surface area contributed by atoms with Gasteiger partial charge in [-0.1, -0.05) is 26.2 Å². The van der Waals surface area contributed by atoms with E-state index in [1.807, 2.05) is 57.4 Å². The Bertz CT molecular complexity index is 1380. The van der Waals surface area contributed by atoms with Crippen molar-refractivity contribution in [3.63, 3.8) is 0 Å². The number of nitrogens with one attached hydrogen (secondary N) is 5. The predicted molar refractivity (Wildman–Crippen MR) is 204 cm³/mol. The van der Waals surface area contributed by atoms with E-state index in [0.717, 1.165) is 25.9 Å². The van der Waals surface area contributed by atoms with Gasteiger partial charge in [0.05, 0.1) is 12.9 Å². The van der Waals surface area contributed by atoms with E-state index < -0.39 is 48.5 Å². The molecule has 2 aliphatic heterocycles. The van der Waals surface area contributed by atoms with E-state index in [4.69, 9.17) is 4.74 Å². The number of likely N-dealkylation sites (tertiary alicyclic amines) is 1. The normalized spacial score (nSPS) is 15.4. The van der Waals surface area contributed by atoms with E-state index in [1.165, 1.54) is 31.2 Å². The van der Waals surface area contributed by atoms with Crippen LogP contribution >= 0.6 is 11.8 Å². The van der Waals surface area contributed by atoms with Crippen LogP contribution in [0.1, 0.15) is 65.5 Å². The predicted octanol–water partition coefficient (Wildman–Crippen LogP) is 2.78. The van der Waals surface area contributed by atoms with Gasteiger partial charge in [-0.15, -0.1) is 13.1 Å². The molecule has 0 saturated carbocycles. The zero-order valence-electron chi connectivity index (χ0n) is 32.2. The summed E-state index contributed by atoms with van der Waals surface area (Å²) in [5, 5.41) is 14.8. The molecule has 3 heterocycles. The number of imidazole rings is 1. The number of carbonyl (C=O) groups is 6. The summed E-state index contributed by atoms with van der Waals surface area (Å²) in [6, 6.07) is 9.05. The zero-order valence-corrected chi connectivity index (χ0v) is 35.8. The Morgan fingerprint density at radius 3 is 2.13 bits per heavy atom. The summed E-state index contributed by atoms with van der Waals surface area (Å²) in [5.41, 5.74) is 0.745. The largest absolute Gasteiger partial charge is 0.661 e. The number of hydrogen-bond donors (Lipinski definition) is 5. The third-order valence-electron chi connectivity index (χ3n) is 8.45. The van der Waals surface area contributed by atoms with Gasteiger partial charge < -0.3 is 41.2 Å². The molecule has 1 aromatic heterocycles. The van der Waals surface area contributed by atoms with E-state index in [0.29, 0.717) is 31.0 Å². The van der Waals surface area contributed by atoms with E-state index >= 15 is 0 Å². The van der Waals surface area contributed by atoms with Crippen molar-refractivity contribution in [2.24, 2.45) is 5.41 Å². The molecule has 5 amide bonds. The number of hydrogen-bond acceptors (Lipinski definition) is 9. The summed E-state index contributed by atoms with van der Waals surface area (Å²) >= 11 is 1.47. The van der Waals surface area contributed by atoms with E-state index in [1.54, 1.807) is 4.90 Å². The van der Waals surface area contributed by atoms with Crippen molar-refractivity contribution in [1.82, 2.24) is 36.1 Å². The van der Waals surface area contributed by atoms with Gasteiger partial charge in [-0.05, 0) is 44.6 Å². The fraction of sp³-hybridized carbons (Fsp3) is 0.595. The molecule has 15 nitrogen and oxygen atoms in total. The Labute approximate surface area is 348 Å². The number of ketones is 1. The van der Waals surface area contributed by atoms with Gasteiger partial charge in [0.15, 0.2) is 0 Å². The molecule has 3 unspecified atom stereocenters. The molecule has 2 aromatic rings. The van der Waals surface area contributed by atoms with Gasteiger partial charge >= 0.3 is 6.09 Å². The number of Topliss-reactive ketones (excluding diaryl/α,β-unsaturated/α-hetero) is 1. The molecule has 54 heavy (non-hydrogen) atoms. The summed E-state index contributed by atoms with van der Waals surface area (Å²) in [4.78, 5) is 85.2. The van der Waals surface area contributed by atoms with Crippen molar-refractivity contribution < 1.29 is 66.2 Å². The second-order valence-electron chi connectivity index (χ2n) is 12.7. The van der Waals surface area contributed by atoms with E-state index in [2.05, 4.69) is 42.6 Å². The third-order valence-corrected chi connectivity index (χ3v) is 9.10. The first-order chi connectivity index (χ1) is 25.6. The number of ether oxygens (including phenoxy) is 1. The first-order valence-electron chi connectivity index (χ1n) is 18.1. The minimum absolute atomic E-state index is 0. The maximum Gasteiger partial charge on any atom is 0.409 e. The fourth-order valence-corrected chi connectivity index (χ4v) is 5.85. The van der Waals surface area contributed by atoms with Gasteiger partial charge in [0, 0.05) is 70.5 Å². The average molecular weight is 846 g/mol. The van der Waals surface area contributed by atoms with Crippen LogP contribution in [-0.4, -0.2) is 120 Å². The molecule has 2 fully saturated rings. The number of H-pyrrole nitrogens is 1. The number of piperidine rings is 1. The van der Waals surface area contributed by atoms with Gasteiger partial charge in [-0.2, -0.15) is 48.2 Å². The molecule has 17 heteroatoms. The van der Waals surface area contributed by atoms with Crippen LogP contribution in [0.3, 0.4) is 0 Å². The molecule has 1 spiro atoms. The van der Waals surface area contributed by atoms with Crippen LogP contribution in [0.25, 0.3) is 5.32 Å². The van der Waals surface area contributed by atoms with E-state index in [-0.39, 0.29) is 75.6 Å². The van der Waals surface area contributed by atoms with Crippen molar-refractivity contribution in [1.29, 1.82) is 0 Å². The molecule has 1 radical (unpaired) electrons. The van der Waals surface area contributed by atoms with Gasteiger partial charge in [-0.25, -0.2) is 9.78 Å². The quantitative estimate of drug-likeness (QED) is 0.148. The number of thioether (sulfide) groups is 1. The number of rotatable bonds is 17. The first kappa shape index (κ1) is 48.7. The zero-order chi connectivity index (χ0) is 39.1. The minimum Gasteiger partial charge on any atom is -0.661 e. The Morgan fingerprint density at radius 2 is 1.63 bits per heavy atom. The third kappa shape index (κ3) is 17.9. The van der Waals surface area contributed by atoms with Crippen LogP contribution in [0.4, 0.5) is 4.79 Å². The Morgan fingerprint density at radius 1 is 0.981 bits per heavy atom. The van der Waals surface area contributed by atoms with Crippen molar-refractivity contribution in [2.45, 2.75) is 84.3 Å². The van der Waals surface area contributed by atoms with Gasteiger partial charge in [-0.3, -0.25) is 24.0 Å². The number of benzene rings is 1. The van der Waals surface area contributed by atoms with Crippen LogP contribution in [-0.2, 0) is 67.8 Å². The standard InChI is InChI=1S/C29H45N8O7S.C6H5.C2H6.Y/c1-4-5-24(39)34-22(12-20-14-30-18-33-20)26(41)36-23(15-44-28(43)37-9-7-29(8-10-37)16-31-17-29)27(42)35-21(6-11-45-3)25(40)32-13-19(2)38;1-2-4-6-5-3-1;1-2;/h14,18,21-23H,4-13,15-17H2,1-3H3,(H,30,33)(H,32,40)(H,34,39)(H,35,42)(H,36,41);1-5H;1-2H3;/q2*-1;;. The number of carbonyl (C=O) groups excluding carboxylic acids is 6. The summed E-state index contributed by atoms with van der Waals surface area (Å²) < 4.78 is 5.53. The SMILES string of the molecule is CC.CCCC(=O)NC(Cc1cnc[nH]1)C(=O)NC(COC(=O)N1CCC2(CC1)C[N-]C2)C(=O)NC(CCSC)C(=O)NCC(C)=O.[Y].[c-]1ccccc1. The molecule has 5 N–H and O–H groups in total. The molecular weight excluding hydrogens is 789 g/mol. The summed E-state index contributed by atoms with van der Waals surface area (Å²) in [5.74, 6) is -2.05. The van der Waals surface area contributed by atoms with Crippen molar-refractivity contribution in [3.05, 3.63) is 59.9 Å². The number of nitrogens with zero attached hydrogens (tertiary/aromatic N) is 3. The molecule has 0 aliphatic carbocycles. The average Bonchev–Trinajstić information content (AvgIpc) is 3.68. The second kappa shape index (κ2) is 27.3. The molecule has 0 bridgehead atoms. The Kier molecular flexibility index (Phi) is 24.6. The molecule has 4 rings (SSSR count). The van der Waals surface area contributed by atoms with Crippen molar-refractivity contribution >= 4 is 47.3 Å². The monoisotopic (exact) mass is 845 g/mol. The minimum atomic E-state index is -1.38. The van der Waals surface area contributed by atoms with Crippen molar-refractivity contribution in [2.75, 3.05) is 51.3 Å². The Hall–Kier alpha value is -3.34. The van der Waals surface area contributed by atoms with Crippen LogP contribution in [0.2, 0.25) is 0 Å². The molecule has 2 aliphatic rings. The van der Waals surface area contributed by atoms with Gasteiger partial charge in [0.25, 0.3) is 0 Å². The molecule has 2 saturated heterocycles. The molecular formula is C37H56N8O7SY-2. The van der Waals surface area contributed by atoms with Crippen LogP contribution in [0.15, 0.2) is 42.9 Å². The van der Waals surface area contributed by atoms with Crippen LogP contribution < -0.4 is 21.3 Å². The second-order valence-corrected chi connectivity index (χ2v) is 13.6. The smallest absolute Gasteiger partial charge is 0.409 e. The number of amides is 5.